The molecule has 2 aromatic carbocycles. The fourth-order valence-corrected chi connectivity index (χ4v) is 2.61. The normalized spacial score (nSPS) is 11.1. The molecule has 0 saturated carbocycles. The minimum atomic E-state index is -0.0885. The lowest BCUT2D eigenvalue weighted by molar-refractivity contribution is -0.654. The predicted octanol–water partition coefficient (Wildman–Crippen LogP) is 2.35. The summed E-state index contributed by atoms with van der Waals surface area (Å²) >= 11 is 0. The van der Waals surface area contributed by atoms with Crippen molar-refractivity contribution in [2.45, 2.75) is 20.0 Å². The van der Waals surface area contributed by atoms with Gasteiger partial charge in [-0.1, -0.05) is 22.9 Å². The van der Waals surface area contributed by atoms with Crippen LogP contribution in [0.3, 0.4) is 0 Å². The highest BCUT2D eigenvalue weighted by Gasteiger charge is 2.17. The average molecular weight is 363 g/mol. The number of nitrogens with one attached hydrogen (secondary N) is 1. The molecule has 138 valence electrons. The quantitative estimate of drug-likeness (QED) is 0.271. The second-order valence-corrected chi connectivity index (χ2v) is 6.24. The molecule has 0 spiro atoms. The summed E-state index contributed by atoms with van der Waals surface area (Å²) in [5.74, 6) is 0.737. The van der Waals surface area contributed by atoms with Crippen LogP contribution in [-0.4, -0.2) is 23.4 Å². The minimum absolute atomic E-state index is 0.0885. The topological polar surface area (TPSA) is 106 Å². The third-order valence-corrected chi connectivity index (χ3v) is 3.71. The van der Waals surface area contributed by atoms with Crippen molar-refractivity contribution < 1.29 is 9.42 Å². The highest BCUT2D eigenvalue weighted by atomic mass is 16.5. The van der Waals surface area contributed by atoms with E-state index < -0.39 is 0 Å². The van der Waals surface area contributed by atoms with Gasteiger partial charge in [-0.25, -0.2) is 0 Å². The SMILES string of the molecule is CC(C)Oc1ccc(-c2[nH][n+](-c3ccccc3)cc2/C=N/N=C(N)N)cc1. The molecule has 0 aliphatic rings. The van der Waals surface area contributed by atoms with Crippen LogP contribution in [0.1, 0.15) is 19.4 Å². The number of hydrogen-bond acceptors (Lipinski definition) is 3. The second kappa shape index (κ2) is 8.18. The van der Waals surface area contributed by atoms with Crippen molar-refractivity contribution in [2.24, 2.45) is 21.7 Å². The Hall–Kier alpha value is -3.61. The number of H-pyrrole nitrogens is 1. The van der Waals surface area contributed by atoms with E-state index in [4.69, 9.17) is 16.2 Å². The summed E-state index contributed by atoms with van der Waals surface area (Å²) < 4.78 is 7.64. The zero-order chi connectivity index (χ0) is 19.2. The summed E-state index contributed by atoms with van der Waals surface area (Å²) in [6.45, 7) is 4.00. The molecule has 7 nitrogen and oxygen atoms in total. The summed E-state index contributed by atoms with van der Waals surface area (Å²) in [5.41, 5.74) is 14.4. The van der Waals surface area contributed by atoms with Crippen molar-refractivity contribution in [1.82, 2.24) is 5.10 Å². The largest absolute Gasteiger partial charge is 0.491 e. The Balaban J connectivity index is 2.00. The molecule has 0 unspecified atom stereocenters. The Morgan fingerprint density at radius 3 is 2.41 bits per heavy atom. The van der Waals surface area contributed by atoms with Crippen LogP contribution >= 0.6 is 0 Å². The van der Waals surface area contributed by atoms with Gasteiger partial charge in [0.1, 0.15) is 11.4 Å². The van der Waals surface area contributed by atoms with Gasteiger partial charge in [0.15, 0.2) is 0 Å². The summed E-state index contributed by atoms with van der Waals surface area (Å²) in [5, 5.41) is 11.0. The van der Waals surface area contributed by atoms with Crippen molar-refractivity contribution in [3.05, 3.63) is 66.4 Å². The molecule has 1 aromatic heterocycles. The maximum Gasteiger partial charge on any atom is 0.235 e. The Morgan fingerprint density at radius 2 is 1.78 bits per heavy atom. The molecule has 3 aromatic rings. The molecule has 7 heteroatoms. The van der Waals surface area contributed by atoms with Gasteiger partial charge in [0.2, 0.25) is 17.8 Å². The Labute approximate surface area is 158 Å². The van der Waals surface area contributed by atoms with E-state index >= 15 is 0 Å². The molecule has 0 aliphatic carbocycles. The van der Waals surface area contributed by atoms with Crippen molar-refractivity contribution in [2.75, 3.05) is 0 Å². The van der Waals surface area contributed by atoms with Crippen molar-refractivity contribution in [3.8, 4) is 22.7 Å². The van der Waals surface area contributed by atoms with Crippen molar-refractivity contribution in [1.29, 1.82) is 0 Å². The number of guanidine groups is 1. The summed E-state index contributed by atoms with van der Waals surface area (Å²) in [4.78, 5) is 0. The second-order valence-electron chi connectivity index (χ2n) is 6.24. The van der Waals surface area contributed by atoms with E-state index in [0.29, 0.717) is 0 Å². The van der Waals surface area contributed by atoms with E-state index in [1.807, 2.05) is 79.3 Å². The molecule has 0 saturated heterocycles. The van der Waals surface area contributed by atoms with E-state index in [1.165, 1.54) is 0 Å². The maximum absolute atomic E-state index is 5.71. The van der Waals surface area contributed by atoms with E-state index in [9.17, 15) is 0 Å². The molecule has 0 aliphatic heterocycles. The lowest BCUT2D eigenvalue weighted by Crippen LogP contribution is -2.31. The number of aromatic nitrogens is 2. The summed E-state index contributed by atoms with van der Waals surface area (Å²) in [7, 11) is 0. The van der Waals surface area contributed by atoms with Crippen molar-refractivity contribution >= 4 is 12.2 Å². The van der Waals surface area contributed by atoms with Crippen LogP contribution in [0.5, 0.6) is 5.75 Å². The summed E-state index contributed by atoms with van der Waals surface area (Å²) in [6.07, 6.45) is 3.68. The number of hydrogen-bond donors (Lipinski definition) is 3. The van der Waals surface area contributed by atoms with Gasteiger partial charge in [-0.05, 0) is 38.1 Å². The van der Waals surface area contributed by atoms with E-state index in [1.54, 1.807) is 6.21 Å². The molecule has 0 fully saturated rings. The highest BCUT2D eigenvalue weighted by molar-refractivity contribution is 5.88. The minimum Gasteiger partial charge on any atom is -0.491 e. The van der Waals surface area contributed by atoms with Crippen LogP contribution in [-0.2, 0) is 0 Å². The van der Waals surface area contributed by atoms with E-state index in [-0.39, 0.29) is 12.1 Å². The first-order chi connectivity index (χ1) is 13.0. The number of benzene rings is 2. The molecule has 27 heavy (non-hydrogen) atoms. The van der Waals surface area contributed by atoms with Crippen LogP contribution in [0.4, 0.5) is 0 Å². The molecule has 1 heterocycles. The Kier molecular flexibility index (Phi) is 5.51. The number of nitrogens with two attached hydrogens (primary N) is 2. The van der Waals surface area contributed by atoms with Crippen LogP contribution in [0.2, 0.25) is 0 Å². The van der Waals surface area contributed by atoms with Gasteiger partial charge in [0.05, 0.1) is 17.9 Å². The fourth-order valence-electron chi connectivity index (χ4n) is 2.61. The molecule has 0 radical (unpaired) electrons. The summed E-state index contributed by atoms with van der Waals surface area (Å²) in [6, 6.07) is 17.8. The molecule has 0 amide bonds. The number of aromatic amines is 1. The van der Waals surface area contributed by atoms with E-state index in [2.05, 4.69) is 15.3 Å². The Morgan fingerprint density at radius 1 is 1.07 bits per heavy atom. The molecular weight excluding hydrogens is 340 g/mol. The monoisotopic (exact) mass is 363 g/mol. The highest BCUT2D eigenvalue weighted by Crippen LogP contribution is 2.23. The molecule has 3 rings (SSSR count). The van der Waals surface area contributed by atoms with Crippen LogP contribution in [0, 0.1) is 0 Å². The van der Waals surface area contributed by atoms with Gasteiger partial charge in [0.25, 0.3) is 0 Å². The molecule has 5 N–H and O–H groups in total. The standard InChI is InChI=1S/C20H22N6O/c1-14(2)27-18-10-8-15(9-11-18)19-16(12-23-24-20(21)22)13-26(25-19)17-6-4-3-5-7-17/h3-14H,1-2H3,(H4,21,22,24)/p+1/b23-12+. The first-order valence-electron chi connectivity index (χ1n) is 8.62. The number of para-hydroxylation sites is 1. The van der Waals surface area contributed by atoms with Crippen LogP contribution in [0.15, 0.2) is 71.0 Å². The van der Waals surface area contributed by atoms with Gasteiger partial charge in [-0.15, -0.1) is 5.10 Å². The van der Waals surface area contributed by atoms with Crippen LogP contribution < -0.4 is 20.9 Å². The van der Waals surface area contributed by atoms with Gasteiger partial charge in [-0.2, -0.15) is 10.2 Å². The van der Waals surface area contributed by atoms with Gasteiger partial charge in [-0.3, -0.25) is 0 Å². The average Bonchev–Trinajstić information content (AvgIpc) is 3.06. The van der Waals surface area contributed by atoms with Crippen LogP contribution in [0.25, 0.3) is 16.9 Å². The maximum atomic E-state index is 5.71. The lowest BCUT2D eigenvalue weighted by Gasteiger charge is -2.09. The zero-order valence-electron chi connectivity index (χ0n) is 15.3. The lowest BCUT2D eigenvalue weighted by atomic mass is 10.1. The fraction of sp³-hybridized carbons (Fsp3) is 0.150. The van der Waals surface area contributed by atoms with Crippen molar-refractivity contribution in [3.63, 3.8) is 0 Å². The molecular formula is C20H23N6O+. The third kappa shape index (κ3) is 4.72. The predicted molar refractivity (Wildman–Crippen MR) is 107 cm³/mol. The van der Waals surface area contributed by atoms with Gasteiger partial charge >= 0.3 is 0 Å². The zero-order valence-corrected chi connectivity index (χ0v) is 15.3. The van der Waals surface area contributed by atoms with E-state index in [0.717, 1.165) is 28.3 Å². The number of rotatable bonds is 6. The van der Waals surface area contributed by atoms with Gasteiger partial charge in [0, 0.05) is 17.7 Å². The first kappa shape index (κ1) is 18.2. The smallest absolute Gasteiger partial charge is 0.235 e. The Bertz CT molecular complexity index is 938. The third-order valence-electron chi connectivity index (χ3n) is 3.71. The van der Waals surface area contributed by atoms with Gasteiger partial charge < -0.3 is 16.2 Å². The first-order valence-corrected chi connectivity index (χ1v) is 8.62. The molecule has 0 atom stereocenters. The molecule has 0 bridgehead atoms. The number of ether oxygens (including phenoxy) is 1. The number of nitrogens with zero attached hydrogens (tertiary/aromatic N) is 3.